The summed E-state index contributed by atoms with van der Waals surface area (Å²) in [6.07, 6.45) is -3.04. The van der Waals surface area contributed by atoms with Crippen molar-refractivity contribution in [2.24, 2.45) is 0 Å². The van der Waals surface area contributed by atoms with Crippen molar-refractivity contribution in [2.75, 3.05) is 20.2 Å². The van der Waals surface area contributed by atoms with Crippen molar-refractivity contribution in [2.45, 2.75) is 38.3 Å². The van der Waals surface area contributed by atoms with Gasteiger partial charge in [-0.25, -0.2) is 9.78 Å². The van der Waals surface area contributed by atoms with Gasteiger partial charge in [0.15, 0.2) is 0 Å². The first-order valence-electron chi connectivity index (χ1n) is 11.1. The molecule has 0 bridgehead atoms. The van der Waals surface area contributed by atoms with Crippen LogP contribution in [-0.2, 0) is 17.9 Å². The van der Waals surface area contributed by atoms with Crippen LogP contribution in [0.5, 0.6) is 5.75 Å². The Kier molecular flexibility index (Phi) is 7.36. The predicted octanol–water partition coefficient (Wildman–Crippen LogP) is 3.98. The number of aliphatic carboxylic acids is 1. The number of fused-ring (bicyclic) bond motifs is 3. The molecule has 1 amide bonds. The van der Waals surface area contributed by atoms with Crippen LogP contribution in [0.25, 0.3) is 0 Å². The third-order valence-corrected chi connectivity index (χ3v) is 6.96. The molecule has 2 aromatic heterocycles. The number of ether oxygens (including phenoxy) is 1. The zero-order valence-electron chi connectivity index (χ0n) is 19.6. The second kappa shape index (κ2) is 10.3. The molecular formula is C24H25F3N4O4S. The molecule has 2 aliphatic rings. The second-order valence-electron chi connectivity index (χ2n) is 8.57. The normalized spacial score (nSPS) is 19.4. The molecule has 0 saturated carbocycles. The van der Waals surface area contributed by atoms with E-state index in [1.807, 2.05) is 42.3 Å². The van der Waals surface area contributed by atoms with Gasteiger partial charge in [-0.2, -0.15) is 13.2 Å². The van der Waals surface area contributed by atoms with E-state index in [9.17, 15) is 18.0 Å². The van der Waals surface area contributed by atoms with Gasteiger partial charge < -0.3 is 19.3 Å². The van der Waals surface area contributed by atoms with Gasteiger partial charge in [0, 0.05) is 31.2 Å². The van der Waals surface area contributed by atoms with Gasteiger partial charge in [0.2, 0.25) is 0 Å². The fraction of sp³-hybridized carbons (Fsp3) is 0.375. The van der Waals surface area contributed by atoms with E-state index >= 15 is 0 Å². The van der Waals surface area contributed by atoms with E-state index in [1.54, 1.807) is 18.4 Å². The molecule has 2 unspecified atom stereocenters. The molecule has 0 radical (unpaired) electrons. The molecule has 2 aliphatic heterocycles. The smallest absolute Gasteiger partial charge is 0.490 e. The molecular weight excluding hydrogens is 497 g/mol. The maximum Gasteiger partial charge on any atom is 0.490 e. The number of carbonyl (C=O) groups is 2. The Labute approximate surface area is 209 Å². The standard InChI is InChI=1S/C22H24N4O2S.C2HF3O2/c1-15-23-17(14-29-15)11-26-21-13-24(10-16-5-3-6-18(9-16)28-2)12-20(21)25-8-4-7-19(25)22(26)27;3-2(4,5)1(6)7/h3-9,14,20-21H,10-13H2,1-2H3;(H,6,7). The van der Waals surface area contributed by atoms with Crippen LogP contribution in [0, 0.1) is 6.92 Å². The van der Waals surface area contributed by atoms with Gasteiger partial charge in [-0.15, -0.1) is 11.3 Å². The van der Waals surface area contributed by atoms with Gasteiger partial charge >= 0.3 is 12.1 Å². The van der Waals surface area contributed by atoms with Crippen LogP contribution in [0.15, 0.2) is 48.0 Å². The molecule has 0 aliphatic carbocycles. The molecule has 8 nitrogen and oxygen atoms in total. The summed E-state index contributed by atoms with van der Waals surface area (Å²) >= 11 is 1.64. The van der Waals surface area contributed by atoms with E-state index in [2.05, 4.69) is 32.0 Å². The van der Waals surface area contributed by atoms with Crippen molar-refractivity contribution < 1.29 is 32.6 Å². The number of amides is 1. The summed E-state index contributed by atoms with van der Waals surface area (Å²) < 4.78 is 39.3. The van der Waals surface area contributed by atoms with Crippen molar-refractivity contribution in [3.05, 3.63) is 69.9 Å². The summed E-state index contributed by atoms with van der Waals surface area (Å²) in [6, 6.07) is 12.5. The Balaban J connectivity index is 0.000000384. The summed E-state index contributed by atoms with van der Waals surface area (Å²) in [5.41, 5.74) is 2.98. The topological polar surface area (TPSA) is 87.9 Å². The summed E-state index contributed by atoms with van der Waals surface area (Å²) in [5.74, 6) is -1.78. The summed E-state index contributed by atoms with van der Waals surface area (Å²) in [5, 5.41) is 10.2. The third-order valence-electron chi connectivity index (χ3n) is 6.13. The number of carbonyl (C=O) groups excluding carboxylic acids is 1. The number of hydrogen-bond acceptors (Lipinski definition) is 6. The maximum absolute atomic E-state index is 13.2. The number of alkyl halides is 3. The molecule has 1 N–H and O–H groups in total. The van der Waals surface area contributed by atoms with E-state index in [1.165, 1.54) is 5.56 Å². The highest BCUT2D eigenvalue weighted by Gasteiger charge is 2.45. The number of benzene rings is 1. The second-order valence-corrected chi connectivity index (χ2v) is 9.64. The predicted molar refractivity (Wildman–Crippen MR) is 126 cm³/mol. The number of thiazole rings is 1. The van der Waals surface area contributed by atoms with Gasteiger partial charge in [-0.3, -0.25) is 9.69 Å². The van der Waals surface area contributed by atoms with Crippen molar-refractivity contribution in [1.29, 1.82) is 0 Å². The highest BCUT2D eigenvalue weighted by atomic mass is 32.1. The summed E-state index contributed by atoms with van der Waals surface area (Å²) in [4.78, 5) is 31.2. The third kappa shape index (κ3) is 5.54. The average molecular weight is 523 g/mol. The molecule has 5 rings (SSSR count). The lowest BCUT2D eigenvalue weighted by atomic mass is 10.1. The van der Waals surface area contributed by atoms with Crippen molar-refractivity contribution in [3.8, 4) is 5.75 Å². The molecule has 1 saturated heterocycles. The minimum atomic E-state index is -5.08. The minimum absolute atomic E-state index is 0.102. The SMILES string of the molecule is COc1cccc(CN2CC3C(C2)n2cccc2C(=O)N3Cc2csc(C)n2)c1.O=C(O)C(F)(F)F. The van der Waals surface area contributed by atoms with Crippen molar-refractivity contribution >= 4 is 23.2 Å². The van der Waals surface area contributed by atoms with Crippen LogP contribution >= 0.6 is 11.3 Å². The van der Waals surface area contributed by atoms with Crippen molar-refractivity contribution in [3.63, 3.8) is 0 Å². The molecule has 0 spiro atoms. The van der Waals surface area contributed by atoms with Crippen LogP contribution < -0.4 is 4.74 Å². The lowest BCUT2D eigenvalue weighted by Gasteiger charge is -2.38. The van der Waals surface area contributed by atoms with E-state index in [0.717, 1.165) is 41.8 Å². The number of halogens is 3. The van der Waals surface area contributed by atoms with Crippen LogP contribution in [-0.4, -0.2) is 68.8 Å². The Morgan fingerprint density at radius 1 is 1.19 bits per heavy atom. The van der Waals surface area contributed by atoms with Gasteiger partial charge in [0.25, 0.3) is 5.91 Å². The first kappa shape index (κ1) is 25.7. The molecule has 12 heteroatoms. The quantitative estimate of drug-likeness (QED) is 0.546. The Morgan fingerprint density at radius 2 is 1.92 bits per heavy atom. The summed E-state index contributed by atoms with van der Waals surface area (Å²) in [6.45, 7) is 5.20. The average Bonchev–Trinajstić information content (AvgIpc) is 3.56. The van der Waals surface area contributed by atoms with E-state index in [-0.39, 0.29) is 18.0 Å². The molecule has 4 heterocycles. The van der Waals surface area contributed by atoms with E-state index < -0.39 is 12.1 Å². The first-order chi connectivity index (χ1) is 17.1. The molecule has 1 fully saturated rings. The number of methoxy groups -OCH3 is 1. The lowest BCUT2D eigenvalue weighted by molar-refractivity contribution is -0.192. The number of carboxylic acid groups (broad SMARTS) is 1. The number of carboxylic acids is 1. The fourth-order valence-electron chi connectivity index (χ4n) is 4.59. The van der Waals surface area contributed by atoms with E-state index in [4.69, 9.17) is 14.6 Å². The highest BCUT2D eigenvalue weighted by molar-refractivity contribution is 7.09. The van der Waals surface area contributed by atoms with Crippen molar-refractivity contribution in [1.82, 2.24) is 19.4 Å². The monoisotopic (exact) mass is 522 g/mol. The maximum atomic E-state index is 13.2. The van der Waals surface area contributed by atoms with Crippen LogP contribution in [0.4, 0.5) is 13.2 Å². The molecule has 2 atom stereocenters. The Morgan fingerprint density at radius 3 is 2.56 bits per heavy atom. The molecule has 192 valence electrons. The van der Waals surface area contributed by atoms with E-state index in [0.29, 0.717) is 6.54 Å². The Hall–Kier alpha value is -3.38. The van der Waals surface area contributed by atoms with Crippen LogP contribution in [0.3, 0.4) is 0 Å². The Bertz CT molecular complexity index is 1240. The first-order valence-corrected chi connectivity index (χ1v) is 12.0. The number of nitrogens with zero attached hydrogens (tertiary/aromatic N) is 4. The molecule has 1 aromatic carbocycles. The number of hydrogen-bond donors (Lipinski definition) is 1. The largest absolute Gasteiger partial charge is 0.497 e. The highest BCUT2D eigenvalue weighted by Crippen LogP contribution is 2.35. The number of rotatable bonds is 5. The number of likely N-dealkylation sites (tertiary alicyclic amines) is 1. The minimum Gasteiger partial charge on any atom is -0.497 e. The van der Waals surface area contributed by atoms with Gasteiger partial charge in [-0.05, 0) is 36.8 Å². The van der Waals surface area contributed by atoms with Gasteiger partial charge in [0.1, 0.15) is 11.4 Å². The van der Waals surface area contributed by atoms with Crippen LogP contribution in [0.2, 0.25) is 0 Å². The lowest BCUT2D eigenvalue weighted by Crippen LogP contribution is -2.49. The summed E-state index contributed by atoms with van der Waals surface area (Å²) in [7, 11) is 1.70. The zero-order chi connectivity index (χ0) is 26.0. The van der Waals surface area contributed by atoms with Gasteiger partial charge in [0.05, 0.1) is 36.4 Å². The fourth-order valence-corrected chi connectivity index (χ4v) is 5.19. The van der Waals surface area contributed by atoms with Gasteiger partial charge in [-0.1, -0.05) is 12.1 Å². The van der Waals surface area contributed by atoms with Crippen LogP contribution in [0.1, 0.15) is 32.8 Å². The molecule has 36 heavy (non-hydrogen) atoms. The number of aryl methyl sites for hydroxylation is 1. The molecule has 3 aromatic rings. The zero-order valence-corrected chi connectivity index (χ0v) is 20.4. The number of aromatic nitrogens is 2.